The first-order valence-electron chi connectivity index (χ1n) is 7.93. The lowest BCUT2D eigenvalue weighted by Gasteiger charge is -2.26. The average molecular weight is 403 g/mol. The van der Waals surface area contributed by atoms with Gasteiger partial charge in [0.05, 0.1) is 10.6 Å². The second kappa shape index (κ2) is 7.40. The molecule has 0 amide bonds. The normalized spacial score (nSPS) is 14.2. The minimum absolute atomic E-state index is 0.156. The number of alkyl halides is 3. The maximum Gasteiger partial charge on any atom is 0.417 e. The Morgan fingerprint density at radius 3 is 2.50 bits per heavy atom. The van der Waals surface area contributed by atoms with Crippen LogP contribution in [-0.2, 0) is 12.7 Å². The third-order valence-corrected chi connectivity index (χ3v) is 4.74. The molecule has 0 atom stereocenters. The molecule has 0 aromatic heterocycles. The predicted molar refractivity (Wildman–Crippen MR) is 97.6 cm³/mol. The fraction of sp³-hybridized carbons (Fsp3) is 0.278. The summed E-state index contributed by atoms with van der Waals surface area (Å²) >= 11 is 11.0. The standard InChI is InChI=1S/C18H15ClF4N2S/c19-15-8-5-12(9-14(15)18(21,22)23)24-17(26)25(13-6-7-13)10-11-3-1-2-4-16(11)20/h1-5,8-9,13H,6-7,10H2,(H,24,26). The second-order valence-corrected chi connectivity index (χ2v) is 6.87. The van der Waals surface area contributed by atoms with Crippen molar-refractivity contribution in [3.8, 4) is 0 Å². The van der Waals surface area contributed by atoms with Gasteiger partial charge in [0.1, 0.15) is 5.82 Å². The molecule has 2 aromatic carbocycles. The summed E-state index contributed by atoms with van der Waals surface area (Å²) in [5, 5.41) is 2.70. The molecule has 1 aliphatic rings. The molecule has 0 spiro atoms. The third-order valence-electron chi connectivity index (χ3n) is 4.07. The summed E-state index contributed by atoms with van der Waals surface area (Å²) in [5.41, 5.74) is -0.263. The van der Waals surface area contributed by atoms with Gasteiger partial charge >= 0.3 is 6.18 Å². The van der Waals surface area contributed by atoms with E-state index in [-0.39, 0.29) is 34.2 Å². The lowest BCUT2D eigenvalue weighted by Crippen LogP contribution is -2.36. The lowest BCUT2D eigenvalue weighted by atomic mass is 10.2. The minimum Gasteiger partial charge on any atom is -0.342 e. The maximum atomic E-state index is 13.9. The highest BCUT2D eigenvalue weighted by atomic mass is 35.5. The fourth-order valence-corrected chi connectivity index (χ4v) is 3.13. The van der Waals surface area contributed by atoms with Gasteiger partial charge in [-0.2, -0.15) is 13.2 Å². The van der Waals surface area contributed by atoms with E-state index in [4.69, 9.17) is 23.8 Å². The van der Waals surface area contributed by atoms with Crippen molar-refractivity contribution in [2.24, 2.45) is 0 Å². The summed E-state index contributed by atoms with van der Waals surface area (Å²) in [6.07, 6.45) is -2.74. The van der Waals surface area contributed by atoms with Crippen LogP contribution in [0.1, 0.15) is 24.0 Å². The number of rotatable bonds is 4. The average Bonchev–Trinajstić information content (AvgIpc) is 3.39. The van der Waals surface area contributed by atoms with E-state index in [0.29, 0.717) is 5.56 Å². The van der Waals surface area contributed by atoms with Crippen LogP contribution in [0, 0.1) is 5.82 Å². The van der Waals surface area contributed by atoms with Crippen LogP contribution in [-0.4, -0.2) is 16.1 Å². The quantitative estimate of drug-likeness (QED) is 0.509. The topological polar surface area (TPSA) is 15.3 Å². The lowest BCUT2D eigenvalue weighted by molar-refractivity contribution is -0.137. The molecule has 2 aromatic rings. The molecule has 1 fully saturated rings. The Hall–Kier alpha value is -1.86. The molecule has 0 aliphatic heterocycles. The third kappa shape index (κ3) is 4.45. The van der Waals surface area contributed by atoms with Crippen molar-refractivity contribution in [3.05, 3.63) is 64.4 Å². The van der Waals surface area contributed by atoms with Gasteiger partial charge in [0.25, 0.3) is 0 Å². The molecule has 0 unspecified atom stereocenters. The largest absolute Gasteiger partial charge is 0.417 e. The van der Waals surface area contributed by atoms with Gasteiger partial charge in [-0.25, -0.2) is 4.39 Å². The molecule has 0 saturated heterocycles. The smallest absolute Gasteiger partial charge is 0.342 e. The summed E-state index contributed by atoms with van der Waals surface area (Å²) in [7, 11) is 0. The number of nitrogens with zero attached hydrogens (tertiary/aromatic N) is 1. The zero-order chi connectivity index (χ0) is 18.9. The first-order chi connectivity index (χ1) is 12.3. The number of benzene rings is 2. The molecular weight excluding hydrogens is 388 g/mol. The van der Waals surface area contributed by atoms with Gasteiger partial charge in [0, 0.05) is 23.8 Å². The van der Waals surface area contributed by atoms with Crippen molar-refractivity contribution >= 4 is 34.6 Å². The van der Waals surface area contributed by atoms with E-state index in [1.54, 1.807) is 23.1 Å². The molecule has 0 bridgehead atoms. The van der Waals surface area contributed by atoms with E-state index in [1.165, 1.54) is 18.2 Å². The minimum atomic E-state index is -4.56. The molecular formula is C18H15ClF4N2S. The monoisotopic (exact) mass is 402 g/mol. The van der Waals surface area contributed by atoms with Crippen LogP contribution < -0.4 is 5.32 Å². The van der Waals surface area contributed by atoms with Crippen LogP contribution >= 0.6 is 23.8 Å². The molecule has 3 rings (SSSR count). The zero-order valence-electron chi connectivity index (χ0n) is 13.5. The van der Waals surface area contributed by atoms with E-state index in [0.717, 1.165) is 18.9 Å². The van der Waals surface area contributed by atoms with Gasteiger partial charge in [0.2, 0.25) is 0 Å². The molecule has 138 valence electrons. The van der Waals surface area contributed by atoms with Gasteiger partial charge in [-0.3, -0.25) is 0 Å². The van der Waals surface area contributed by atoms with Gasteiger partial charge < -0.3 is 10.2 Å². The van der Waals surface area contributed by atoms with Crippen LogP contribution in [0.2, 0.25) is 5.02 Å². The number of nitrogens with one attached hydrogen (secondary N) is 1. The molecule has 1 saturated carbocycles. The summed E-state index contributed by atoms with van der Waals surface area (Å²) in [4.78, 5) is 1.80. The van der Waals surface area contributed by atoms with Crippen molar-refractivity contribution in [1.82, 2.24) is 4.90 Å². The van der Waals surface area contributed by atoms with Gasteiger partial charge in [0.15, 0.2) is 5.11 Å². The molecule has 1 N–H and O–H groups in total. The van der Waals surface area contributed by atoms with Crippen LogP contribution in [0.3, 0.4) is 0 Å². The number of hydrogen-bond acceptors (Lipinski definition) is 1. The summed E-state index contributed by atoms with van der Waals surface area (Å²) < 4.78 is 52.9. The van der Waals surface area contributed by atoms with Crippen LogP contribution in [0.4, 0.5) is 23.2 Å². The second-order valence-electron chi connectivity index (χ2n) is 6.07. The van der Waals surface area contributed by atoms with E-state index in [1.807, 2.05) is 0 Å². The van der Waals surface area contributed by atoms with Crippen LogP contribution in [0.5, 0.6) is 0 Å². The Morgan fingerprint density at radius 2 is 1.88 bits per heavy atom. The summed E-state index contributed by atoms with van der Waals surface area (Å²) in [6, 6.07) is 10.0. The van der Waals surface area contributed by atoms with Gasteiger partial charge in [-0.1, -0.05) is 29.8 Å². The molecule has 1 aliphatic carbocycles. The van der Waals surface area contributed by atoms with Crippen molar-refractivity contribution < 1.29 is 17.6 Å². The Labute approximate surface area is 158 Å². The molecule has 2 nitrogen and oxygen atoms in total. The molecule has 26 heavy (non-hydrogen) atoms. The van der Waals surface area contributed by atoms with Crippen molar-refractivity contribution in [3.63, 3.8) is 0 Å². The fourth-order valence-electron chi connectivity index (χ4n) is 2.58. The van der Waals surface area contributed by atoms with E-state index in [9.17, 15) is 17.6 Å². The number of hydrogen-bond donors (Lipinski definition) is 1. The first kappa shape index (κ1) is 18.9. The predicted octanol–water partition coefficient (Wildman–Crippen LogP) is 5.86. The Balaban J connectivity index is 1.78. The highest BCUT2D eigenvalue weighted by molar-refractivity contribution is 7.80. The van der Waals surface area contributed by atoms with Gasteiger partial charge in [-0.05, 0) is 49.3 Å². The SMILES string of the molecule is Fc1ccccc1CN(C(=S)Nc1ccc(Cl)c(C(F)(F)F)c1)C1CC1. The van der Waals surface area contributed by atoms with Gasteiger partial charge in [-0.15, -0.1) is 0 Å². The summed E-state index contributed by atoms with van der Waals surface area (Å²) in [5.74, 6) is -0.341. The highest BCUT2D eigenvalue weighted by Gasteiger charge is 2.34. The number of thiocarbonyl (C=S) groups is 1. The van der Waals surface area contributed by atoms with E-state index < -0.39 is 11.7 Å². The Morgan fingerprint density at radius 1 is 1.19 bits per heavy atom. The molecule has 8 heteroatoms. The number of anilines is 1. The first-order valence-corrected chi connectivity index (χ1v) is 8.72. The van der Waals surface area contributed by atoms with E-state index in [2.05, 4.69) is 5.32 Å². The highest BCUT2D eigenvalue weighted by Crippen LogP contribution is 2.36. The van der Waals surface area contributed by atoms with Crippen molar-refractivity contribution in [2.45, 2.75) is 31.6 Å². The van der Waals surface area contributed by atoms with Crippen LogP contribution in [0.15, 0.2) is 42.5 Å². The van der Waals surface area contributed by atoms with E-state index >= 15 is 0 Å². The van der Waals surface area contributed by atoms with Crippen molar-refractivity contribution in [1.29, 1.82) is 0 Å². The van der Waals surface area contributed by atoms with Crippen molar-refractivity contribution in [2.75, 3.05) is 5.32 Å². The molecule has 0 radical (unpaired) electrons. The number of halogens is 5. The zero-order valence-corrected chi connectivity index (χ0v) is 15.1. The molecule has 0 heterocycles. The summed E-state index contributed by atoms with van der Waals surface area (Å²) in [6.45, 7) is 0.253. The Bertz CT molecular complexity index is 821. The van der Waals surface area contributed by atoms with Crippen LogP contribution in [0.25, 0.3) is 0 Å². The Kier molecular flexibility index (Phi) is 5.39. The maximum absolute atomic E-state index is 13.9.